The van der Waals surface area contributed by atoms with Gasteiger partial charge in [0.15, 0.2) is 0 Å². The van der Waals surface area contributed by atoms with Crippen molar-refractivity contribution >= 4 is 12.0 Å². The molecule has 14 heavy (non-hydrogen) atoms. The van der Waals surface area contributed by atoms with Crippen LogP contribution >= 0.6 is 0 Å². The molecule has 0 aliphatic carbocycles. The van der Waals surface area contributed by atoms with Crippen LogP contribution < -0.4 is 5.32 Å². The Morgan fingerprint density at radius 2 is 2.21 bits per heavy atom. The van der Waals surface area contributed by atoms with E-state index in [0.717, 1.165) is 25.9 Å². The van der Waals surface area contributed by atoms with Gasteiger partial charge in [-0.2, -0.15) is 4.98 Å². The fourth-order valence-corrected chi connectivity index (χ4v) is 1.49. The Kier molecular flexibility index (Phi) is 2.34. The second kappa shape index (κ2) is 3.65. The molecule has 1 aromatic heterocycles. The summed E-state index contributed by atoms with van der Waals surface area (Å²) in [4.78, 5) is 17.3. The molecule has 2 N–H and O–H groups in total. The maximum absolute atomic E-state index is 11.5. The molecule has 2 rings (SSSR count). The van der Waals surface area contributed by atoms with Crippen molar-refractivity contribution in [1.82, 2.24) is 20.1 Å². The summed E-state index contributed by atoms with van der Waals surface area (Å²) in [5, 5.41) is 9.14. The Morgan fingerprint density at radius 1 is 1.50 bits per heavy atom. The molecule has 0 spiro atoms. The molecular formula is C8H13N5O. The van der Waals surface area contributed by atoms with Crippen molar-refractivity contribution in [2.75, 3.05) is 18.4 Å². The van der Waals surface area contributed by atoms with Crippen molar-refractivity contribution in [3.8, 4) is 0 Å². The monoisotopic (exact) mass is 195 g/mol. The number of hydrogen-bond donors (Lipinski definition) is 2. The zero-order valence-electron chi connectivity index (χ0n) is 8.08. The molecule has 1 fully saturated rings. The maximum atomic E-state index is 11.5. The number of urea groups is 1. The first-order chi connectivity index (χ1) is 6.75. The van der Waals surface area contributed by atoms with Crippen molar-refractivity contribution in [3.05, 3.63) is 5.82 Å². The number of nitrogens with one attached hydrogen (secondary N) is 2. The topological polar surface area (TPSA) is 73.9 Å². The van der Waals surface area contributed by atoms with Crippen LogP contribution in [0.3, 0.4) is 0 Å². The Labute approximate surface area is 81.7 Å². The van der Waals surface area contributed by atoms with Gasteiger partial charge < -0.3 is 4.90 Å². The summed E-state index contributed by atoms with van der Waals surface area (Å²) in [7, 11) is 0. The van der Waals surface area contributed by atoms with E-state index < -0.39 is 0 Å². The van der Waals surface area contributed by atoms with E-state index in [9.17, 15) is 4.79 Å². The molecule has 2 heterocycles. The van der Waals surface area contributed by atoms with E-state index in [-0.39, 0.29) is 6.03 Å². The van der Waals surface area contributed by atoms with E-state index in [2.05, 4.69) is 20.5 Å². The van der Waals surface area contributed by atoms with Crippen LogP contribution in [0.25, 0.3) is 0 Å². The van der Waals surface area contributed by atoms with Gasteiger partial charge in [0.1, 0.15) is 5.82 Å². The summed E-state index contributed by atoms with van der Waals surface area (Å²) in [5.41, 5.74) is 0. The van der Waals surface area contributed by atoms with Gasteiger partial charge >= 0.3 is 6.03 Å². The number of aromatic amines is 1. The average Bonchev–Trinajstić information content (AvgIpc) is 2.75. The lowest BCUT2D eigenvalue weighted by Crippen LogP contribution is -2.32. The average molecular weight is 195 g/mol. The van der Waals surface area contributed by atoms with Crippen molar-refractivity contribution in [2.24, 2.45) is 0 Å². The molecule has 0 unspecified atom stereocenters. The number of H-pyrrole nitrogens is 1. The molecule has 76 valence electrons. The third-order valence-corrected chi connectivity index (χ3v) is 2.21. The highest BCUT2D eigenvalue weighted by Gasteiger charge is 2.18. The molecule has 1 aromatic rings. The molecular weight excluding hydrogens is 182 g/mol. The number of carbonyl (C=O) groups excluding carboxylic acids is 1. The largest absolute Gasteiger partial charge is 0.324 e. The number of aromatic nitrogens is 3. The lowest BCUT2D eigenvalue weighted by molar-refractivity contribution is 0.222. The fourth-order valence-electron chi connectivity index (χ4n) is 1.49. The number of likely N-dealkylation sites (tertiary alicyclic amines) is 1. The highest BCUT2D eigenvalue weighted by Crippen LogP contribution is 2.09. The van der Waals surface area contributed by atoms with Crippen LogP contribution in [-0.2, 0) is 0 Å². The number of nitrogens with zero attached hydrogens (tertiary/aromatic N) is 3. The zero-order valence-corrected chi connectivity index (χ0v) is 8.08. The van der Waals surface area contributed by atoms with Gasteiger partial charge in [-0.1, -0.05) is 0 Å². The maximum Gasteiger partial charge on any atom is 0.324 e. The third-order valence-electron chi connectivity index (χ3n) is 2.21. The van der Waals surface area contributed by atoms with Gasteiger partial charge in [-0.05, 0) is 19.8 Å². The molecule has 0 atom stereocenters. The Balaban J connectivity index is 1.93. The molecule has 0 saturated carbocycles. The Bertz CT molecular complexity index is 328. The van der Waals surface area contributed by atoms with Crippen molar-refractivity contribution in [3.63, 3.8) is 0 Å². The first-order valence-electron chi connectivity index (χ1n) is 4.70. The van der Waals surface area contributed by atoms with E-state index in [1.807, 2.05) is 0 Å². The standard InChI is InChI=1S/C8H13N5O/c1-6-9-7(12-11-6)10-8(14)13-4-2-3-5-13/h2-5H2,1H3,(H2,9,10,11,12,14). The summed E-state index contributed by atoms with van der Waals surface area (Å²) >= 11 is 0. The predicted octanol–water partition coefficient (Wildman–Crippen LogP) is 0.741. The Hall–Kier alpha value is -1.59. The number of amides is 2. The lowest BCUT2D eigenvalue weighted by Gasteiger charge is -2.13. The van der Waals surface area contributed by atoms with Gasteiger partial charge in [0.2, 0.25) is 5.95 Å². The second-order valence-corrected chi connectivity index (χ2v) is 3.37. The van der Waals surface area contributed by atoms with E-state index in [1.54, 1.807) is 11.8 Å². The number of anilines is 1. The number of carbonyl (C=O) groups is 1. The molecule has 6 nitrogen and oxygen atoms in total. The molecule has 6 heteroatoms. The normalized spacial score (nSPS) is 15.9. The van der Waals surface area contributed by atoms with Gasteiger partial charge in [0.25, 0.3) is 0 Å². The van der Waals surface area contributed by atoms with Gasteiger partial charge in [0.05, 0.1) is 0 Å². The zero-order chi connectivity index (χ0) is 9.97. The molecule has 1 saturated heterocycles. The smallest absolute Gasteiger partial charge is 0.324 e. The molecule has 1 aliphatic rings. The van der Waals surface area contributed by atoms with Crippen LogP contribution in [0.15, 0.2) is 0 Å². The summed E-state index contributed by atoms with van der Waals surface area (Å²) < 4.78 is 0. The van der Waals surface area contributed by atoms with Crippen LogP contribution in [0.4, 0.5) is 10.7 Å². The molecule has 0 aromatic carbocycles. The van der Waals surface area contributed by atoms with Crippen molar-refractivity contribution < 1.29 is 4.79 Å². The van der Waals surface area contributed by atoms with Gasteiger partial charge in [-0.15, -0.1) is 5.10 Å². The fraction of sp³-hybridized carbons (Fsp3) is 0.625. The van der Waals surface area contributed by atoms with E-state index in [4.69, 9.17) is 0 Å². The highest BCUT2D eigenvalue weighted by molar-refractivity contribution is 5.87. The minimum Gasteiger partial charge on any atom is -0.324 e. The van der Waals surface area contributed by atoms with Gasteiger partial charge in [-0.3, -0.25) is 10.4 Å². The summed E-state index contributed by atoms with van der Waals surface area (Å²) in [5.74, 6) is 1.04. The minimum atomic E-state index is -0.110. The number of hydrogen-bond acceptors (Lipinski definition) is 3. The number of aryl methyl sites for hydroxylation is 1. The second-order valence-electron chi connectivity index (χ2n) is 3.37. The van der Waals surface area contributed by atoms with E-state index in [1.165, 1.54) is 0 Å². The van der Waals surface area contributed by atoms with Crippen LogP contribution in [0, 0.1) is 6.92 Å². The molecule has 2 amide bonds. The number of rotatable bonds is 1. The molecule has 1 aliphatic heterocycles. The van der Waals surface area contributed by atoms with Crippen LogP contribution in [0.5, 0.6) is 0 Å². The quantitative estimate of drug-likeness (QED) is 0.694. The minimum absolute atomic E-state index is 0.110. The van der Waals surface area contributed by atoms with Crippen LogP contribution in [-0.4, -0.2) is 39.2 Å². The van der Waals surface area contributed by atoms with Gasteiger partial charge in [-0.25, -0.2) is 4.79 Å². The third kappa shape index (κ3) is 1.84. The Morgan fingerprint density at radius 3 is 2.79 bits per heavy atom. The summed E-state index contributed by atoms with van der Waals surface area (Å²) in [6.45, 7) is 3.45. The van der Waals surface area contributed by atoms with E-state index in [0.29, 0.717) is 11.8 Å². The van der Waals surface area contributed by atoms with Crippen LogP contribution in [0.1, 0.15) is 18.7 Å². The summed E-state index contributed by atoms with van der Waals surface area (Å²) in [6.07, 6.45) is 2.17. The lowest BCUT2D eigenvalue weighted by atomic mass is 10.4. The van der Waals surface area contributed by atoms with E-state index >= 15 is 0 Å². The van der Waals surface area contributed by atoms with Crippen molar-refractivity contribution in [2.45, 2.75) is 19.8 Å². The van der Waals surface area contributed by atoms with Gasteiger partial charge in [0, 0.05) is 13.1 Å². The van der Waals surface area contributed by atoms with Crippen molar-refractivity contribution in [1.29, 1.82) is 0 Å². The molecule has 0 radical (unpaired) electrons. The van der Waals surface area contributed by atoms with Crippen LogP contribution in [0.2, 0.25) is 0 Å². The first-order valence-corrected chi connectivity index (χ1v) is 4.70. The predicted molar refractivity (Wildman–Crippen MR) is 50.9 cm³/mol. The molecule has 0 bridgehead atoms. The summed E-state index contributed by atoms with van der Waals surface area (Å²) in [6, 6.07) is -0.110. The first kappa shape index (κ1) is 8.98. The highest BCUT2D eigenvalue weighted by atomic mass is 16.2. The SMILES string of the molecule is Cc1nc(NC(=O)N2CCCC2)n[nH]1.